The first-order valence-corrected chi connectivity index (χ1v) is 8.24. The zero-order valence-electron chi connectivity index (χ0n) is 13.0. The number of unbranched alkanes of at least 4 members (excludes halogenated alkanes) is 1. The molecule has 2 fully saturated rings. The molecule has 2 unspecified atom stereocenters. The lowest BCUT2D eigenvalue weighted by Gasteiger charge is -2.34. The van der Waals surface area contributed by atoms with E-state index in [4.69, 9.17) is 0 Å². The molecule has 0 aromatic carbocycles. The van der Waals surface area contributed by atoms with Crippen LogP contribution in [0.2, 0.25) is 0 Å². The van der Waals surface area contributed by atoms with E-state index in [2.05, 4.69) is 31.0 Å². The average Bonchev–Trinajstić information content (AvgIpc) is 3.12. The smallest absolute Gasteiger partial charge is 0.0614 e. The van der Waals surface area contributed by atoms with Gasteiger partial charge in [0.05, 0.1) is 6.61 Å². The van der Waals surface area contributed by atoms with Crippen LogP contribution >= 0.6 is 0 Å². The Morgan fingerprint density at radius 3 is 2.53 bits per heavy atom. The number of nitrogens with one attached hydrogen (secondary N) is 1. The summed E-state index contributed by atoms with van der Waals surface area (Å²) in [4.78, 5) is 2.75. The fourth-order valence-electron chi connectivity index (χ4n) is 3.72. The zero-order chi connectivity index (χ0) is 13.9. The van der Waals surface area contributed by atoms with Crippen LogP contribution in [0.25, 0.3) is 0 Å². The molecule has 2 N–H and O–H groups in total. The Labute approximate surface area is 118 Å². The highest BCUT2D eigenvalue weighted by Gasteiger charge is 2.44. The normalized spacial score (nSPS) is 31.6. The third-order valence-electron chi connectivity index (χ3n) is 4.73. The monoisotopic (exact) mass is 268 g/mol. The third kappa shape index (κ3) is 3.93. The minimum atomic E-state index is -0.0157. The van der Waals surface area contributed by atoms with Gasteiger partial charge in [-0.05, 0) is 45.1 Å². The van der Waals surface area contributed by atoms with E-state index in [0.29, 0.717) is 12.1 Å². The van der Waals surface area contributed by atoms with Crippen molar-refractivity contribution >= 4 is 0 Å². The largest absolute Gasteiger partial charge is 0.394 e. The van der Waals surface area contributed by atoms with Gasteiger partial charge in [-0.2, -0.15) is 0 Å². The van der Waals surface area contributed by atoms with Crippen LogP contribution < -0.4 is 5.32 Å². The Kier molecular flexibility index (Phi) is 5.27. The van der Waals surface area contributed by atoms with Gasteiger partial charge in [-0.15, -0.1) is 0 Å². The molecule has 2 saturated carbocycles. The van der Waals surface area contributed by atoms with E-state index in [0.717, 1.165) is 18.9 Å². The van der Waals surface area contributed by atoms with E-state index >= 15 is 0 Å². The van der Waals surface area contributed by atoms with E-state index in [9.17, 15) is 5.11 Å². The molecule has 0 aliphatic heterocycles. The van der Waals surface area contributed by atoms with Gasteiger partial charge in [-0.1, -0.05) is 27.2 Å². The third-order valence-corrected chi connectivity index (χ3v) is 4.73. The molecule has 3 heteroatoms. The molecule has 112 valence electrons. The summed E-state index contributed by atoms with van der Waals surface area (Å²) in [7, 11) is 0. The first kappa shape index (κ1) is 15.3. The zero-order valence-corrected chi connectivity index (χ0v) is 13.0. The average molecular weight is 268 g/mol. The predicted octanol–water partition coefficient (Wildman–Crippen LogP) is 2.53. The molecule has 0 aromatic rings. The lowest BCUT2D eigenvalue weighted by atomic mass is 9.97. The Morgan fingerprint density at radius 1 is 1.26 bits per heavy atom. The van der Waals surface area contributed by atoms with Gasteiger partial charge < -0.3 is 10.4 Å². The van der Waals surface area contributed by atoms with E-state index in [1.165, 1.54) is 38.6 Å². The predicted molar refractivity (Wildman–Crippen MR) is 80.4 cm³/mol. The van der Waals surface area contributed by atoms with Gasteiger partial charge in [-0.25, -0.2) is 0 Å². The topological polar surface area (TPSA) is 35.5 Å². The van der Waals surface area contributed by atoms with E-state index in [-0.39, 0.29) is 12.1 Å². The van der Waals surface area contributed by atoms with Crippen molar-refractivity contribution in [2.24, 2.45) is 0 Å². The van der Waals surface area contributed by atoms with Gasteiger partial charge in [0.2, 0.25) is 0 Å². The summed E-state index contributed by atoms with van der Waals surface area (Å²) < 4.78 is 0. The van der Waals surface area contributed by atoms with Crippen LogP contribution in [-0.2, 0) is 0 Å². The Morgan fingerprint density at radius 2 is 2.00 bits per heavy atom. The van der Waals surface area contributed by atoms with Crippen LogP contribution in [0.4, 0.5) is 0 Å². The van der Waals surface area contributed by atoms with Crippen molar-refractivity contribution in [2.75, 3.05) is 13.2 Å². The molecule has 0 aromatic heterocycles. The van der Waals surface area contributed by atoms with Crippen molar-refractivity contribution in [3.8, 4) is 0 Å². The van der Waals surface area contributed by atoms with Gasteiger partial charge in [0.25, 0.3) is 0 Å². The van der Waals surface area contributed by atoms with Gasteiger partial charge >= 0.3 is 0 Å². The summed E-state index contributed by atoms with van der Waals surface area (Å²) >= 11 is 0. The van der Waals surface area contributed by atoms with Crippen molar-refractivity contribution in [3.05, 3.63) is 0 Å². The Balaban J connectivity index is 1.94. The maximum Gasteiger partial charge on any atom is 0.0614 e. The van der Waals surface area contributed by atoms with Crippen LogP contribution in [0.5, 0.6) is 0 Å². The maximum absolute atomic E-state index is 9.81. The van der Waals surface area contributed by atoms with Crippen molar-refractivity contribution < 1.29 is 5.11 Å². The molecule has 2 aliphatic carbocycles. The van der Waals surface area contributed by atoms with Gasteiger partial charge in [0.15, 0.2) is 0 Å². The fraction of sp³-hybridized carbons (Fsp3) is 1.00. The number of rotatable bonds is 8. The second kappa shape index (κ2) is 6.55. The highest BCUT2D eigenvalue weighted by Crippen LogP contribution is 2.38. The van der Waals surface area contributed by atoms with Crippen LogP contribution in [0, 0.1) is 0 Å². The van der Waals surface area contributed by atoms with Crippen LogP contribution in [-0.4, -0.2) is 46.8 Å². The maximum atomic E-state index is 9.81. The second-order valence-electron chi connectivity index (χ2n) is 6.96. The highest BCUT2D eigenvalue weighted by atomic mass is 16.3. The number of hydrogen-bond acceptors (Lipinski definition) is 3. The summed E-state index contributed by atoms with van der Waals surface area (Å²) in [5.74, 6) is 0. The van der Waals surface area contributed by atoms with E-state index in [1.807, 2.05) is 0 Å². The molecule has 0 bridgehead atoms. The Hall–Kier alpha value is -0.120. The molecule has 0 amide bonds. The minimum absolute atomic E-state index is 0.0157. The van der Waals surface area contributed by atoms with Crippen molar-refractivity contribution in [1.82, 2.24) is 10.2 Å². The molecule has 19 heavy (non-hydrogen) atoms. The quantitative estimate of drug-likeness (QED) is 0.710. The molecule has 2 atom stereocenters. The van der Waals surface area contributed by atoms with Crippen LogP contribution in [0.15, 0.2) is 0 Å². The molecule has 0 heterocycles. The number of nitrogens with zero attached hydrogens (tertiary/aromatic N) is 1. The first-order chi connectivity index (χ1) is 9.10. The SMILES string of the molecule is CCCCN(C1CC1)C1CCC(CO)(NC(C)C)C1. The lowest BCUT2D eigenvalue weighted by Crippen LogP contribution is -2.51. The molecule has 0 saturated heterocycles. The van der Waals surface area contributed by atoms with Gasteiger partial charge in [0, 0.05) is 23.7 Å². The standard InChI is InChI=1S/C16H32N2O/c1-4-5-10-18(14-6-7-14)15-8-9-16(11-15,12-19)17-13(2)3/h13-15,17,19H,4-12H2,1-3H3. The van der Waals surface area contributed by atoms with E-state index < -0.39 is 0 Å². The first-order valence-electron chi connectivity index (χ1n) is 8.24. The summed E-state index contributed by atoms with van der Waals surface area (Å²) in [6, 6.07) is 2.00. The second-order valence-corrected chi connectivity index (χ2v) is 6.96. The van der Waals surface area contributed by atoms with Gasteiger partial charge in [-0.3, -0.25) is 4.90 Å². The van der Waals surface area contributed by atoms with Crippen LogP contribution in [0.3, 0.4) is 0 Å². The lowest BCUT2D eigenvalue weighted by molar-refractivity contribution is 0.131. The molecular weight excluding hydrogens is 236 g/mol. The molecule has 0 radical (unpaired) electrons. The summed E-state index contributed by atoms with van der Waals surface area (Å²) in [5, 5.41) is 13.4. The highest BCUT2D eigenvalue weighted by molar-refractivity contribution is 5.02. The number of aliphatic hydroxyl groups is 1. The molecule has 2 rings (SSSR count). The molecular formula is C16H32N2O. The van der Waals surface area contributed by atoms with E-state index in [1.54, 1.807) is 0 Å². The van der Waals surface area contributed by atoms with Crippen molar-refractivity contribution in [2.45, 2.75) is 89.4 Å². The van der Waals surface area contributed by atoms with Crippen LogP contribution in [0.1, 0.15) is 65.7 Å². The molecule has 2 aliphatic rings. The fourth-order valence-corrected chi connectivity index (χ4v) is 3.72. The Bertz CT molecular complexity index is 278. The van der Waals surface area contributed by atoms with Crippen molar-refractivity contribution in [1.29, 1.82) is 0 Å². The number of hydrogen-bond donors (Lipinski definition) is 2. The molecule has 0 spiro atoms. The van der Waals surface area contributed by atoms with Gasteiger partial charge in [0.1, 0.15) is 0 Å². The summed E-state index contributed by atoms with van der Waals surface area (Å²) in [5.41, 5.74) is -0.0157. The molecule has 3 nitrogen and oxygen atoms in total. The number of aliphatic hydroxyl groups excluding tert-OH is 1. The summed E-state index contributed by atoms with van der Waals surface area (Å²) in [6.45, 7) is 8.18. The summed E-state index contributed by atoms with van der Waals surface area (Å²) in [6.07, 6.45) is 8.89. The van der Waals surface area contributed by atoms with Crippen molar-refractivity contribution in [3.63, 3.8) is 0 Å². The minimum Gasteiger partial charge on any atom is -0.394 e.